The molecule has 3 aromatic rings. The first-order valence-corrected chi connectivity index (χ1v) is 11.2. The number of nitro groups is 1. The average molecular weight is 460 g/mol. The van der Waals surface area contributed by atoms with Crippen LogP contribution in [-0.4, -0.2) is 32.1 Å². The van der Waals surface area contributed by atoms with E-state index in [9.17, 15) is 14.9 Å². The van der Waals surface area contributed by atoms with Gasteiger partial charge in [0.25, 0.3) is 5.69 Å². The predicted molar refractivity (Wildman–Crippen MR) is 127 cm³/mol. The van der Waals surface area contributed by atoms with Gasteiger partial charge in [0.2, 0.25) is 5.95 Å². The summed E-state index contributed by atoms with van der Waals surface area (Å²) in [6.45, 7) is 6.62. The third kappa shape index (κ3) is 3.83. The van der Waals surface area contributed by atoms with Crippen molar-refractivity contribution in [3.63, 3.8) is 0 Å². The number of nitrogens with zero attached hydrogens (tertiary/aromatic N) is 4. The number of hydrogen-bond donors (Lipinski definition) is 1. The van der Waals surface area contributed by atoms with Crippen molar-refractivity contribution >= 4 is 17.4 Å². The van der Waals surface area contributed by atoms with E-state index in [4.69, 9.17) is 14.8 Å². The number of ether oxygens (including phenoxy) is 1. The number of Topliss-reactive ketones (excluding diaryl/α,β-unsaturated/α-hetero) is 1. The standard InChI is InChI=1S/C25H25N5O4/c1-4-34-18-10-8-15(9-11-18)23-27-24-26-19-13-25(2,3)14-20(31)21(19)22(29(24)28-23)16-6-5-7-17(12-16)30(32)33/h5-12,22H,4,13-14H2,1-3H3,(H,26,27,28). The van der Waals surface area contributed by atoms with Crippen molar-refractivity contribution in [3.8, 4) is 17.1 Å². The number of ketones is 1. The summed E-state index contributed by atoms with van der Waals surface area (Å²) in [5, 5.41) is 19.5. The molecule has 1 aliphatic carbocycles. The first-order valence-electron chi connectivity index (χ1n) is 11.2. The zero-order chi connectivity index (χ0) is 24.0. The molecule has 5 rings (SSSR count). The molecule has 0 spiro atoms. The molecule has 174 valence electrons. The van der Waals surface area contributed by atoms with Crippen LogP contribution in [0.2, 0.25) is 0 Å². The van der Waals surface area contributed by atoms with E-state index in [-0.39, 0.29) is 16.9 Å². The Morgan fingerprint density at radius 1 is 1.21 bits per heavy atom. The number of rotatable bonds is 5. The van der Waals surface area contributed by atoms with E-state index >= 15 is 0 Å². The molecule has 2 aromatic carbocycles. The van der Waals surface area contributed by atoms with Crippen molar-refractivity contribution in [2.75, 3.05) is 11.9 Å². The van der Waals surface area contributed by atoms with Gasteiger partial charge in [-0.05, 0) is 48.6 Å². The Balaban J connectivity index is 1.64. The minimum absolute atomic E-state index is 0.0130. The summed E-state index contributed by atoms with van der Waals surface area (Å²) in [6, 6.07) is 13.3. The monoisotopic (exact) mass is 459 g/mol. The molecular formula is C25H25N5O4. The summed E-state index contributed by atoms with van der Waals surface area (Å²) in [4.78, 5) is 29.1. The van der Waals surface area contributed by atoms with Gasteiger partial charge in [0.05, 0.1) is 11.5 Å². The number of nitro benzene ring substituents is 1. The van der Waals surface area contributed by atoms with E-state index in [1.54, 1.807) is 16.8 Å². The molecule has 0 fully saturated rings. The summed E-state index contributed by atoms with van der Waals surface area (Å²) in [5.74, 6) is 1.77. The number of benzene rings is 2. The van der Waals surface area contributed by atoms with Crippen molar-refractivity contribution in [2.24, 2.45) is 5.41 Å². The third-order valence-corrected chi connectivity index (χ3v) is 6.15. The number of non-ortho nitro benzene ring substituents is 1. The maximum absolute atomic E-state index is 13.3. The van der Waals surface area contributed by atoms with Crippen molar-refractivity contribution in [3.05, 3.63) is 75.5 Å². The average Bonchev–Trinajstić information content (AvgIpc) is 3.21. The number of anilines is 1. The molecule has 1 N–H and O–H groups in total. The number of fused-ring (bicyclic) bond motifs is 1. The van der Waals surface area contributed by atoms with Gasteiger partial charge in [-0.1, -0.05) is 26.0 Å². The number of nitrogens with one attached hydrogen (secondary N) is 1. The highest BCUT2D eigenvalue weighted by molar-refractivity contribution is 6.00. The fraction of sp³-hybridized carbons (Fsp3) is 0.320. The Labute approximate surface area is 196 Å². The molecule has 2 aliphatic rings. The number of carbonyl (C=O) groups is 1. The zero-order valence-electron chi connectivity index (χ0n) is 19.2. The van der Waals surface area contributed by atoms with Crippen LogP contribution in [0.25, 0.3) is 11.4 Å². The second kappa shape index (κ2) is 8.09. The highest BCUT2D eigenvalue weighted by Crippen LogP contribution is 2.46. The molecule has 9 nitrogen and oxygen atoms in total. The first-order chi connectivity index (χ1) is 16.3. The van der Waals surface area contributed by atoms with Crippen molar-refractivity contribution in [2.45, 2.75) is 39.7 Å². The maximum Gasteiger partial charge on any atom is 0.269 e. The molecule has 1 aliphatic heterocycles. The molecular weight excluding hydrogens is 434 g/mol. The molecule has 0 saturated carbocycles. The molecule has 2 heterocycles. The number of hydrogen-bond acceptors (Lipinski definition) is 7. The van der Waals surface area contributed by atoms with Gasteiger partial charge in [0.15, 0.2) is 11.6 Å². The smallest absolute Gasteiger partial charge is 0.269 e. The van der Waals surface area contributed by atoms with E-state index < -0.39 is 11.0 Å². The van der Waals surface area contributed by atoms with Crippen LogP contribution in [0.15, 0.2) is 59.8 Å². The zero-order valence-corrected chi connectivity index (χ0v) is 19.2. The Bertz CT molecular complexity index is 1320. The van der Waals surface area contributed by atoms with Crippen LogP contribution in [0, 0.1) is 15.5 Å². The number of carbonyl (C=O) groups excluding carboxylic acids is 1. The van der Waals surface area contributed by atoms with Crippen LogP contribution in [0.1, 0.15) is 45.2 Å². The summed E-state index contributed by atoms with van der Waals surface area (Å²) in [7, 11) is 0. The third-order valence-electron chi connectivity index (χ3n) is 6.15. The Morgan fingerprint density at radius 3 is 2.68 bits per heavy atom. The molecule has 0 bridgehead atoms. The Morgan fingerprint density at radius 2 is 1.97 bits per heavy atom. The highest BCUT2D eigenvalue weighted by Gasteiger charge is 2.42. The van der Waals surface area contributed by atoms with E-state index in [1.165, 1.54) is 12.1 Å². The fourth-order valence-corrected chi connectivity index (χ4v) is 4.71. The second-order valence-electron chi connectivity index (χ2n) is 9.37. The lowest BCUT2D eigenvalue weighted by Crippen LogP contribution is -2.36. The van der Waals surface area contributed by atoms with Gasteiger partial charge < -0.3 is 10.1 Å². The van der Waals surface area contributed by atoms with Crippen molar-refractivity contribution in [1.82, 2.24) is 14.8 Å². The van der Waals surface area contributed by atoms with Crippen LogP contribution in [-0.2, 0) is 4.79 Å². The SMILES string of the molecule is CCOc1ccc(-c2nc3n(n2)C(c2cccc([N+](=O)[O-])c2)C2=C(CC(C)(C)CC2=O)N3)cc1. The van der Waals surface area contributed by atoms with E-state index in [0.717, 1.165) is 17.0 Å². The van der Waals surface area contributed by atoms with Crippen LogP contribution in [0.3, 0.4) is 0 Å². The lowest BCUT2D eigenvalue weighted by Gasteiger charge is -2.38. The topological polar surface area (TPSA) is 112 Å². The van der Waals surface area contributed by atoms with Gasteiger partial charge in [-0.2, -0.15) is 4.98 Å². The van der Waals surface area contributed by atoms with E-state index in [2.05, 4.69) is 19.2 Å². The van der Waals surface area contributed by atoms with E-state index in [1.807, 2.05) is 31.2 Å². The van der Waals surface area contributed by atoms with Crippen LogP contribution in [0.4, 0.5) is 11.6 Å². The largest absolute Gasteiger partial charge is 0.494 e. The summed E-state index contributed by atoms with van der Waals surface area (Å²) >= 11 is 0. The van der Waals surface area contributed by atoms with Gasteiger partial charge in [-0.3, -0.25) is 14.9 Å². The molecule has 0 saturated heterocycles. The van der Waals surface area contributed by atoms with Gasteiger partial charge in [-0.25, -0.2) is 4.68 Å². The van der Waals surface area contributed by atoms with Gasteiger partial charge in [0.1, 0.15) is 11.8 Å². The summed E-state index contributed by atoms with van der Waals surface area (Å²) in [5.41, 5.74) is 2.59. The highest BCUT2D eigenvalue weighted by atomic mass is 16.6. The molecule has 34 heavy (non-hydrogen) atoms. The lowest BCUT2D eigenvalue weighted by atomic mass is 9.73. The predicted octanol–water partition coefficient (Wildman–Crippen LogP) is 4.91. The molecule has 1 unspecified atom stereocenters. The molecule has 1 aromatic heterocycles. The van der Waals surface area contributed by atoms with Gasteiger partial charge >= 0.3 is 0 Å². The lowest BCUT2D eigenvalue weighted by molar-refractivity contribution is -0.384. The quantitative estimate of drug-likeness (QED) is 0.426. The second-order valence-corrected chi connectivity index (χ2v) is 9.37. The minimum Gasteiger partial charge on any atom is -0.494 e. The normalized spacial score (nSPS) is 18.7. The molecule has 9 heteroatoms. The summed E-state index contributed by atoms with van der Waals surface area (Å²) < 4.78 is 7.19. The van der Waals surface area contributed by atoms with Crippen molar-refractivity contribution in [1.29, 1.82) is 0 Å². The summed E-state index contributed by atoms with van der Waals surface area (Å²) in [6.07, 6.45) is 1.07. The number of aromatic nitrogens is 3. The van der Waals surface area contributed by atoms with Crippen LogP contribution in [0.5, 0.6) is 5.75 Å². The maximum atomic E-state index is 13.3. The van der Waals surface area contributed by atoms with Gasteiger partial charge in [-0.15, -0.1) is 5.10 Å². The molecule has 0 amide bonds. The molecule has 1 atom stereocenters. The first kappa shape index (κ1) is 21.8. The van der Waals surface area contributed by atoms with E-state index in [0.29, 0.717) is 42.4 Å². The van der Waals surface area contributed by atoms with Crippen molar-refractivity contribution < 1.29 is 14.5 Å². The van der Waals surface area contributed by atoms with Crippen LogP contribution >= 0.6 is 0 Å². The van der Waals surface area contributed by atoms with Gasteiger partial charge in [0, 0.05) is 35.4 Å². The minimum atomic E-state index is -0.598. The fourth-order valence-electron chi connectivity index (χ4n) is 4.71. The Kier molecular flexibility index (Phi) is 5.19. The molecule has 0 radical (unpaired) electrons. The number of allylic oxidation sites excluding steroid dienone is 2. The Hall–Kier alpha value is -4.01. The van der Waals surface area contributed by atoms with Crippen LogP contribution < -0.4 is 10.1 Å².